The average Bonchev–Trinajstić information content (AvgIpc) is 2.46. The van der Waals surface area contributed by atoms with Gasteiger partial charge >= 0.3 is 0 Å². The summed E-state index contributed by atoms with van der Waals surface area (Å²) in [7, 11) is 1.96. The molecule has 0 aromatic carbocycles. The summed E-state index contributed by atoms with van der Waals surface area (Å²) in [6.45, 7) is 6.03. The monoisotopic (exact) mass is 265 g/mol. The van der Waals surface area contributed by atoms with Crippen LogP contribution in [0, 0.1) is 0 Å². The Labute approximate surface area is 114 Å². The van der Waals surface area contributed by atoms with Crippen LogP contribution in [0.3, 0.4) is 0 Å². The van der Waals surface area contributed by atoms with E-state index in [2.05, 4.69) is 22.1 Å². The lowest BCUT2D eigenvalue weighted by Crippen LogP contribution is -2.50. The van der Waals surface area contributed by atoms with Gasteiger partial charge in [-0.25, -0.2) is 4.98 Å². The van der Waals surface area contributed by atoms with Gasteiger partial charge in [0.1, 0.15) is 0 Å². The number of anilines is 1. The first-order valence-corrected chi connectivity index (χ1v) is 6.93. The predicted molar refractivity (Wildman–Crippen MR) is 75.9 cm³/mol. The van der Waals surface area contributed by atoms with Gasteiger partial charge < -0.3 is 19.7 Å². The molecular formula is C14H23N3O2. The van der Waals surface area contributed by atoms with E-state index in [-0.39, 0.29) is 0 Å². The number of nitrogens with zero attached hydrogens (tertiary/aromatic N) is 2. The molecule has 1 aromatic rings. The van der Waals surface area contributed by atoms with Gasteiger partial charge in [0, 0.05) is 19.3 Å². The van der Waals surface area contributed by atoms with Crippen LogP contribution in [0.1, 0.15) is 13.3 Å². The fourth-order valence-electron chi connectivity index (χ4n) is 2.26. The number of hydrogen-bond acceptors (Lipinski definition) is 5. The van der Waals surface area contributed by atoms with Crippen molar-refractivity contribution < 1.29 is 9.47 Å². The highest BCUT2D eigenvalue weighted by Crippen LogP contribution is 2.28. The van der Waals surface area contributed by atoms with E-state index in [9.17, 15) is 0 Å². The second-order valence-electron chi connectivity index (χ2n) is 4.65. The van der Waals surface area contributed by atoms with Crippen LogP contribution >= 0.6 is 0 Å². The molecule has 5 nitrogen and oxygen atoms in total. The molecule has 1 N–H and O–H groups in total. The lowest BCUT2D eigenvalue weighted by Gasteiger charge is -2.37. The van der Waals surface area contributed by atoms with Crippen molar-refractivity contribution in [2.24, 2.45) is 0 Å². The zero-order valence-corrected chi connectivity index (χ0v) is 11.8. The summed E-state index contributed by atoms with van der Waals surface area (Å²) in [4.78, 5) is 6.79. The van der Waals surface area contributed by atoms with Crippen molar-refractivity contribution in [1.82, 2.24) is 10.3 Å². The third kappa shape index (κ3) is 3.58. The van der Waals surface area contributed by atoms with Gasteiger partial charge in [0.25, 0.3) is 0 Å². The van der Waals surface area contributed by atoms with Gasteiger partial charge in [-0.2, -0.15) is 0 Å². The SMILES string of the molecule is CCCOc1cccnc1N1CCOCC1CNC. The third-order valence-corrected chi connectivity index (χ3v) is 3.15. The van der Waals surface area contributed by atoms with Gasteiger partial charge in [0.2, 0.25) is 0 Å². The highest BCUT2D eigenvalue weighted by atomic mass is 16.5. The van der Waals surface area contributed by atoms with Crippen molar-refractivity contribution in [2.45, 2.75) is 19.4 Å². The number of ether oxygens (including phenoxy) is 2. The largest absolute Gasteiger partial charge is 0.490 e. The predicted octanol–water partition coefficient (Wildman–Crippen LogP) is 1.29. The summed E-state index contributed by atoms with van der Waals surface area (Å²) in [5.74, 6) is 1.80. The Hall–Kier alpha value is -1.33. The first-order chi connectivity index (χ1) is 9.36. The Balaban J connectivity index is 2.17. The molecule has 0 amide bonds. The molecule has 1 unspecified atom stereocenters. The van der Waals surface area contributed by atoms with E-state index in [0.717, 1.165) is 50.9 Å². The number of pyridine rings is 1. The lowest BCUT2D eigenvalue weighted by molar-refractivity contribution is 0.0935. The maximum atomic E-state index is 5.80. The summed E-state index contributed by atoms with van der Waals surface area (Å²) >= 11 is 0. The summed E-state index contributed by atoms with van der Waals surface area (Å²) in [5.41, 5.74) is 0. The van der Waals surface area contributed by atoms with E-state index in [1.165, 1.54) is 0 Å². The van der Waals surface area contributed by atoms with Crippen LogP contribution in [-0.4, -0.2) is 51.0 Å². The lowest BCUT2D eigenvalue weighted by atomic mass is 10.2. The van der Waals surface area contributed by atoms with Crippen LogP contribution in [-0.2, 0) is 4.74 Å². The van der Waals surface area contributed by atoms with E-state index in [1.54, 1.807) is 0 Å². The van der Waals surface area contributed by atoms with Crippen molar-refractivity contribution >= 4 is 5.82 Å². The van der Waals surface area contributed by atoms with E-state index >= 15 is 0 Å². The van der Waals surface area contributed by atoms with Crippen molar-refractivity contribution in [3.63, 3.8) is 0 Å². The van der Waals surface area contributed by atoms with Crippen molar-refractivity contribution in [3.05, 3.63) is 18.3 Å². The standard InChI is InChI=1S/C14H23N3O2/c1-3-8-19-13-5-4-6-16-14(13)17-7-9-18-11-12(17)10-15-2/h4-6,12,15H,3,7-11H2,1-2H3. The molecule has 0 saturated carbocycles. The molecule has 0 aliphatic carbocycles. The number of nitrogens with one attached hydrogen (secondary N) is 1. The fraction of sp³-hybridized carbons (Fsp3) is 0.643. The molecule has 5 heteroatoms. The molecule has 1 atom stereocenters. The Morgan fingerprint density at radius 1 is 1.58 bits per heavy atom. The normalized spacial score (nSPS) is 19.5. The topological polar surface area (TPSA) is 46.6 Å². The number of aromatic nitrogens is 1. The zero-order valence-electron chi connectivity index (χ0n) is 11.8. The molecule has 0 bridgehead atoms. The molecule has 1 fully saturated rings. The number of rotatable bonds is 6. The Kier molecular flexibility index (Phi) is 5.42. The smallest absolute Gasteiger partial charge is 0.171 e. The van der Waals surface area contributed by atoms with E-state index in [1.807, 2.05) is 25.4 Å². The minimum absolute atomic E-state index is 0.303. The van der Waals surface area contributed by atoms with Crippen LogP contribution in [0.15, 0.2) is 18.3 Å². The van der Waals surface area contributed by atoms with Crippen LogP contribution in [0.25, 0.3) is 0 Å². The zero-order chi connectivity index (χ0) is 13.5. The summed E-state index contributed by atoms with van der Waals surface area (Å²) in [6.07, 6.45) is 2.82. The van der Waals surface area contributed by atoms with Gasteiger partial charge in [-0.05, 0) is 25.6 Å². The quantitative estimate of drug-likeness (QED) is 0.840. The van der Waals surface area contributed by atoms with Crippen molar-refractivity contribution in [1.29, 1.82) is 0 Å². The summed E-state index contributed by atoms with van der Waals surface area (Å²) in [6, 6.07) is 4.21. The molecule has 1 aliphatic rings. The molecule has 2 heterocycles. The van der Waals surface area contributed by atoms with Crippen LogP contribution in [0.5, 0.6) is 5.75 Å². The average molecular weight is 265 g/mol. The van der Waals surface area contributed by atoms with Crippen molar-refractivity contribution in [3.8, 4) is 5.75 Å². The highest BCUT2D eigenvalue weighted by molar-refractivity contribution is 5.53. The number of morpholine rings is 1. The maximum absolute atomic E-state index is 5.80. The van der Waals surface area contributed by atoms with Gasteiger partial charge in [-0.15, -0.1) is 0 Å². The molecule has 106 valence electrons. The van der Waals surface area contributed by atoms with E-state index < -0.39 is 0 Å². The summed E-state index contributed by atoms with van der Waals surface area (Å²) in [5, 5.41) is 3.21. The Bertz CT molecular complexity index is 385. The number of likely N-dealkylation sites (N-methyl/N-ethyl adjacent to an activating group) is 1. The molecule has 1 aromatic heterocycles. The van der Waals surface area contributed by atoms with Crippen LogP contribution < -0.4 is 15.0 Å². The second-order valence-corrected chi connectivity index (χ2v) is 4.65. The minimum atomic E-state index is 0.303. The maximum Gasteiger partial charge on any atom is 0.171 e. The first kappa shape index (κ1) is 14.1. The molecule has 0 radical (unpaired) electrons. The summed E-state index contributed by atoms with van der Waals surface area (Å²) < 4.78 is 11.4. The minimum Gasteiger partial charge on any atom is -0.490 e. The third-order valence-electron chi connectivity index (χ3n) is 3.15. The Morgan fingerprint density at radius 2 is 2.47 bits per heavy atom. The van der Waals surface area contributed by atoms with Crippen LogP contribution in [0.4, 0.5) is 5.82 Å². The van der Waals surface area contributed by atoms with E-state index in [0.29, 0.717) is 6.04 Å². The van der Waals surface area contributed by atoms with E-state index in [4.69, 9.17) is 9.47 Å². The van der Waals surface area contributed by atoms with Crippen molar-refractivity contribution in [2.75, 3.05) is 44.9 Å². The molecule has 1 aliphatic heterocycles. The highest BCUT2D eigenvalue weighted by Gasteiger charge is 2.25. The van der Waals surface area contributed by atoms with Gasteiger partial charge in [0.05, 0.1) is 25.9 Å². The first-order valence-electron chi connectivity index (χ1n) is 6.93. The molecule has 0 spiro atoms. The molecule has 2 rings (SSSR count). The second kappa shape index (κ2) is 7.31. The molecule has 19 heavy (non-hydrogen) atoms. The Morgan fingerprint density at radius 3 is 3.26 bits per heavy atom. The van der Waals surface area contributed by atoms with Crippen LogP contribution in [0.2, 0.25) is 0 Å². The van der Waals surface area contributed by atoms with Gasteiger partial charge in [0.15, 0.2) is 11.6 Å². The van der Waals surface area contributed by atoms with Gasteiger partial charge in [-0.1, -0.05) is 6.92 Å². The number of hydrogen-bond donors (Lipinski definition) is 1. The molecule has 1 saturated heterocycles. The molecular weight excluding hydrogens is 242 g/mol. The fourth-order valence-corrected chi connectivity index (χ4v) is 2.26. The van der Waals surface area contributed by atoms with Gasteiger partial charge in [-0.3, -0.25) is 0 Å².